The van der Waals surface area contributed by atoms with Gasteiger partial charge >= 0.3 is 0 Å². The Hall–Kier alpha value is -2.53. The summed E-state index contributed by atoms with van der Waals surface area (Å²) >= 11 is 0. The van der Waals surface area contributed by atoms with Gasteiger partial charge in [-0.25, -0.2) is 4.39 Å². The van der Waals surface area contributed by atoms with Crippen LogP contribution in [0.1, 0.15) is 16.7 Å². The Kier molecular flexibility index (Phi) is 7.53. The molecular weight excluding hydrogens is 363 g/mol. The first kappa shape index (κ1) is 21.2. The molecule has 0 saturated carbocycles. The van der Waals surface area contributed by atoms with Crippen LogP contribution < -0.4 is 0 Å². The lowest BCUT2D eigenvalue weighted by atomic mass is 9.99. The van der Waals surface area contributed by atoms with Crippen molar-refractivity contribution in [1.82, 2.24) is 9.80 Å². The zero-order valence-electron chi connectivity index (χ0n) is 17.2. The molecule has 0 aliphatic heterocycles. The van der Waals surface area contributed by atoms with E-state index in [1.165, 1.54) is 17.2 Å². The van der Waals surface area contributed by atoms with Gasteiger partial charge in [0, 0.05) is 26.2 Å². The van der Waals surface area contributed by atoms with Crippen molar-refractivity contribution in [3.63, 3.8) is 0 Å². The van der Waals surface area contributed by atoms with Gasteiger partial charge in [0.15, 0.2) is 0 Å². The smallest absolute Gasteiger partial charge is 0.123 e. The third-order valence-electron chi connectivity index (χ3n) is 4.99. The summed E-state index contributed by atoms with van der Waals surface area (Å²) in [4.78, 5) is 4.57. The van der Waals surface area contributed by atoms with E-state index in [4.69, 9.17) is 0 Å². The largest absolute Gasteiger partial charge is 0.392 e. The molecule has 0 amide bonds. The summed E-state index contributed by atoms with van der Waals surface area (Å²) in [7, 11) is 4.15. The van der Waals surface area contributed by atoms with Gasteiger partial charge in [0.05, 0.1) is 6.61 Å². The van der Waals surface area contributed by atoms with Crippen LogP contribution in [0.5, 0.6) is 0 Å². The van der Waals surface area contributed by atoms with Crippen LogP contribution in [-0.4, -0.2) is 42.1 Å². The summed E-state index contributed by atoms with van der Waals surface area (Å²) in [5.74, 6) is -0.220. The summed E-state index contributed by atoms with van der Waals surface area (Å²) in [5, 5.41) is 9.44. The molecule has 3 aromatic rings. The van der Waals surface area contributed by atoms with Gasteiger partial charge in [-0.2, -0.15) is 0 Å². The number of nitrogens with zero attached hydrogens (tertiary/aromatic N) is 2. The summed E-state index contributed by atoms with van der Waals surface area (Å²) in [6, 6.07) is 23.1. The fourth-order valence-electron chi connectivity index (χ4n) is 3.48. The minimum atomic E-state index is -0.220. The highest BCUT2D eigenvalue weighted by atomic mass is 19.1. The van der Waals surface area contributed by atoms with Crippen LogP contribution in [0.3, 0.4) is 0 Å². The summed E-state index contributed by atoms with van der Waals surface area (Å²) in [5.41, 5.74) is 5.24. The van der Waals surface area contributed by atoms with E-state index in [0.29, 0.717) is 0 Å². The predicted octanol–water partition coefficient (Wildman–Crippen LogP) is 4.55. The Morgan fingerprint density at radius 2 is 1.55 bits per heavy atom. The molecule has 29 heavy (non-hydrogen) atoms. The molecule has 3 nitrogen and oxygen atoms in total. The van der Waals surface area contributed by atoms with Gasteiger partial charge in [0.1, 0.15) is 5.82 Å². The molecule has 0 aromatic heterocycles. The van der Waals surface area contributed by atoms with Crippen LogP contribution in [0.15, 0.2) is 72.8 Å². The maximum absolute atomic E-state index is 13.8. The minimum Gasteiger partial charge on any atom is -0.392 e. The fraction of sp³-hybridized carbons (Fsp3) is 0.280. The standard InChI is InChI=1S/C25H29FN2O/c1-27(2)13-14-28(17-20-7-5-8-21(15-20)19-29)18-23-9-3-4-12-25(23)22-10-6-11-24(26)16-22/h3-12,15-16,29H,13-14,17-19H2,1-2H3. The van der Waals surface area contributed by atoms with Gasteiger partial charge < -0.3 is 10.0 Å². The van der Waals surface area contributed by atoms with Crippen molar-refractivity contribution >= 4 is 0 Å². The van der Waals surface area contributed by atoms with Crippen molar-refractivity contribution in [2.75, 3.05) is 27.2 Å². The number of rotatable bonds is 9. The number of aliphatic hydroxyl groups is 1. The summed E-state index contributed by atoms with van der Waals surface area (Å²) < 4.78 is 13.8. The third-order valence-corrected chi connectivity index (χ3v) is 4.99. The molecule has 0 saturated heterocycles. The number of likely N-dealkylation sites (N-methyl/N-ethyl adjacent to an activating group) is 1. The maximum Gasteiger partial charge on any atom is 0.123 e. The molecule has 3 rings (SSSR count). The highest BCUT2D eigenvalue weighted by Gasteiger charge is 2.12. The Morgan fingerprint density at radius 3 is 2.31 bits per heavy atom. The minimum absolute atomic E-state index is 0.0495. The van der Waals surface area contributed by atoms with Crippen molar-refractivity contribution < 1.29 is 9.50 Å². The highest BCUT2D eigenvalue weighted by Crippen LogP contribution is 2.26. The van der Waals surface area contributed by atoms with Crippen molar-refractivity contribution in [2.24, 2.45) is 0 Å². The lowest BCUT2D eigenvalue weighted by molar-refractivity contribution is 0.226. The molecule has 3 aromatic carbocycles. The van der Waals surface area contributed by atoms with E-state index in [9.17, 15) is 9.50 Å². The van der Waals surface area contributed by atoms with Crippen LogP contribution in [0, 0.1) is 5.82 Å². The van der Waals surface area contributed by atoms with Crippen molar-refractivity contribution in [1.29, 1.82) is 0 Å². The Bertz CT molecular complexity index is 926. The number of hydrogen-bond acceptors (Lipinski definition) is 3. The highest BCUT2D eigenvalue weighted by molar-refractivity contribution is 5.67. The molecule has 0 atom stereocenters. The Labute approximate surface area is 173 Å². The van der Waals surface area contributed by atoms with Crippen LogP contribution in [0.25, 0.3) is 11.1 Å². The SMILES string of the molecule is CN(C)CCN(Cc1cccc(CO)c1)Cc1ccccc1-c1cccc(F)c1. The molecule has 0 aliphatic rings. The van der Waals surface area contributed by atoms with E-state index in [1.54, 1.807) is 12.1 Å². The zero-order valence-corrected chi connectivity index (χ0v) is 17.2. The van der Waals surface area contributed by atoms with Gasteiger partial charge in [-0.1, -0.05) is 60.7 Å². The molecule has 0 bridgehead atoms. The molecule has 0 spiro atoms. The molecule has 0 unspecified atom stereocenters. The second kappa shape index (κ2) is 10.3. The maximum atomic E-state index is 13.8. The molecule has 1 N–H and O–H groups in total. The second-order valence-corrected chi connectivity index (χ2v) is 7.66. The van der Waals surface area contributed by atoms with Crippen molar-refractivity contribution in [3.05, 3.63) is 95.3 Å². The van der Waals surface area contributed by atoms with Crippen LogP contribution in [0.4, 0.5) is 4.39 Å². The lowest BCUT2D eigenvalue weighted by Gasteiger charge is -2.25. The Balaban J connectivity index is 1.85. The van der Waals surface area contributed by atoms with Crippen LogP contribution in [0.2, 0.25) is 0 Å². The van der Waals surface area contributed by atoms with Crippen molar-refractivity contribution in [3.8, 4) is 11.1 Å². The molecular formula is C25H29FN2O. The molecule has 152 valence electrons. The van der Waals surface area contributed by atoms with Gasteiger partial charge in [-0.15, -0.1) is 0 Å². The third kappa shape index (κ3) is 6.23. The van der Waals surface area contributed by atoms with E-state index in [-0.39, 0.29) is 12.4 Å². The summed E-state index contributed by atoms with van der Waals surface area (Å²) in [6.07, 6.45) is 0. The topological polar surface area (TPSA) is 26.7 Å². The predicted molar refractivity (Wildman–Crippen MR) is 117 cm³/mol. The fourth-order valence-corrected chi connectivity index (χ4v) is 3.48. The summed E-state index contributed by atoms with van der Waals surface area (Å²) in [6.45, 7) is 3.46. The average Bonchev–Trinajstić information content (AvgIpc) is 2.72. The van der Waals surface area contributed by atoms with Gasteiger partial charge in [-0.05, 0) is 54.0 Å². The van der Waals surface area contributed by atoms with Gasteiger partial charge in [0.2, 0.25) is 0 Å². The van der Waals surface area contributed by atoms with Crippen LogP contribution in [-0.2, 0) is 19.7 Å². The van der Waals surface area contributed by atoms with Crippen LogP contribution >= 0.6 is 0 Å². The molecule has 0 radical (unpaired) electrons. The van der Waals surface area contributed by atoms with E-state index >= 15 is 0 Å². The van der Waals surface area contributed by atoms with E-state index in [2.05, 4.69) is 48.2 Å². The first-order valence-electron chi connectivity index (χ1n) is 9.95. The zero-order chi connectivity index (χ0) is 20.6. The second-order valence-electron chi connectivity index (χ2n) is 7.66. The monoisotopic (exact) mass is 392 g/mol. The number of benzene rings is 3. The number of halogens is 1. The van der Waals surface area contributed by atoms with E-state index in [1.807, 2.05) is 30.3 Å². The Morgan fingerprint density at radius 1 is 0.793 bits per heavy atom. The average molecular weight is 393 g/mol. The molecule has 0 heterocycles. The van der Waals surface area contributed by atoms with E-state index in [0.717, 1.165) is 42.9 Å². The van der Waals surface area contributed by atoms with Crippen molar-refractivity contribution in [2.45, 2.75) is 19.7 Å². The number of hydrogen-bond donors (Lipinski definition) is 1. The molecule has 0 aliphatic carbocycles. The normalized spacial score (nSPS) is 11.4. The molecule has 0 fully saturated rings. The molecule has 4 heteroatoms. The number of aliphatic hydroxyl groups excluding tert-OH is 1. The van der Waals surface area contributed by atoms with E-state index < -0.39 is 0 Å². The van der Waals surface area contributed by atoms with Gasteiger partial charge in [0.25, 0.3) is 0 Å². The lowest BCUT2D eigenvalue weighted by Crippen LogP contribution is -2.31. The van der Waals surface area contributed by atoms with Gasteiger partial charge in [-0.3, -0.25) is 4.90 Å². The first-order chi connectivity index (χ1) is 14.0. The first-order valence-corrected chi connectivity index (χ1v) is 9.95. The quantitative estimate of drug-likeness (QED) is 0.579.